The van der Waals surface area contributed by atoms with E-state index in [0.717, 1.165) is 12.1 Å². The summed E-state index contributed by atoms with van der Waals surface area (Å²) >= 11 is 5.80. The summed E-state index contributed by atoms with van der Waals surface area (Å²) in [5, 5.41) is 15.2. The lowest BCUT2D eigenvalue weighted by Crippen LogP contribution is -2.35. The highest BCUT2D eigenvalue weighted by molar-refractivity contribution is 6.32. The van der Waals surface area contributed by atoms with Crippen molar-refractivity contribution >= 4 is 40.8 Å². The van der Waals surface area contributed by atoms with E-state index in [9.17, 15) is 33.3 Å². The largest absolute Gasteiger partial charge is 0.451 e. The van der Waals surface area contributed by atoms with Gasteiger partial charge in [-0.15, -0.1) is 0 Å². The number of nitrogens with one attached hydrogen (secondary N) is 2. The Labute approximate surface area is 184 Å². The van der Waals surface area contributed by atoms with Gasteiger partial charge in [0.05, 0.1) is 9.95 Å². The van der Waals surface area contributed by atoms with Gasteiger partial charge >= 0.3 is 12.6 Å². The highest BCUT2D eigenvalue weighted by atomic mass is 35.5. The molecule has 13 heteroatoms. The van der Waals surface area contributed by atoms with Crippen LogP contribution < -0.4 is 15.4 Å². The lowest BCUT2D eigenvalue weighted by atomic mass is 10.2. The maximum atomic E-state index is 12.2. The van der Waals surface area contributed by atoms with Crippen LogP contribution in [0.3, 0.4) is 0 Å². The van der Waals surface area contributed by atoms with E-state index in [1.807, 2.05) is 0 Å². The molecule has 1 atom stereocenters. The van der Waals surface area contributed by atoms with E-state index in [4.69, 9.17) is 16.3 Å². The molecule has 2 aromatic carbocycles. The molecule has 32 heavy (non-hydrogen) atoms. The van der Waals surface area contributed by atoms with E-state index in [2.05, 4.69) is 15.4 Å². The van der Waals surface area contributed by atoms with Crippen molar-refractivity contribution in [1.29, 1.82) is 0 Å². The molecule has 0 saturated heterocycles. The molecule has 2 amide bonds. The highest BCUT2D eigenvalue weighted by Gasteiger charge is 2.20. The summed E-state index contributed by atoms with van der Waals surface area (Å²) in [5.74, 6) is -2.71. The first-order valence-electron chi connectivity index (χ1n) is 8.84. The average molecular weight is 472 g/mol. The van der Waals surface area contributed by atoms with Crippen LogP contribution in [0.25, 0.3) is 0 Å². The van der Waals surface area contributed by atoms with E-state index in [-0.39, 0.29) is 27.7 Å². The number of hydrogen-bond donors (Lipinski definition) is 2. The Bertz CT molecular complexity index is 1040. The number of nitro groups is 1. The van der Waals surface area contributed by atoms with Crippen LogP contribution in [0.5, 0.6) is 5.75 Å². The van der Waals surface area contributed by atoms with Crippen LogP contribution in [0.1, 0.15) is 17.3 Å². The monoisotopic (exact) mass is 471 g/mol. The quantitative estimate of drug-likeness (QED) is 0.325. The van der Waals surface area contributed by atoms with Crippen molar-refractivity contribution in [2.45, 2.75) is 19.6 Å². The molecule has 0 aromatic heterocycles. The summed E-state index contributed by atoms with van der Waals surface area (Å²) in [5.41, 5.74) is -0.183. The molecule has 0 spiro atoms. The second-order valence-corrected chi connectivity index (χ2v) is 6.54. The fourth-order valence-electron chi connectivity index (χ4n) is 2.32. The van der Waals surface area contributed by atoms with Gasteiger partial charge < -0.3 is 20.1 Å². The van der Waals surface area contributed by atoms with Gasteiger partial charge in [-0.05, 0) is 31.2 Å². The number of non-ortho nitro benzene ring substituents is 1. The molecular weight excluding hydrogens is 456 g/mol. The van der Waals surface area contributed by atoms with Gasteiger partial charge in [0.1, 0.15) is 12.3 Å². The Morgan fingerprint density at radius 2 is 1.91 bits per heavy atom. The molecule has 0 bridgehead atoms. The number of nitrogens with zero attached hydrogens (tertiary/aromatic N) is 1. The summed E-state index contributed by atoms with van der Waals surface area (Å²) in [4.78, 5) is 46.1. The number of ether oxygens (including phenoxy) is 2. The highest BCUT2D eigenvalue weighted by Crippen LogP contribution is 2.29. The van der Waals surface area contributed by atoms with Crippen LogP contribution in [-0.4, -0.2) is 42.0 Å². The van der Waals surface area contributed by atoms with Crippen LogP contribution >= 0.6 is 11.6 Å². The Morgan fingerprint density at radius 1 is 1.19 bits per heavy atom. The molecule has 0 radical (unpaired) electrons. The topological polar surface area (TPSA) is 137 Å². The summed E-state index contributed by atoms with van der Waals surface area (Å²) in [7, 11) is 0. The van der Waals surface area contributed by atoms with E-state index >= 15 is 0 Å². The predicted molar refractivity (Wildman–Crippen MR) is 108 cm³/mol. The average Bonchev–Trinajstić information content (AvgIpc) is 2.73. The van der Waals surface area contributed by atoms with Crippen LogP contribution in [0, 0.1) is 10.1 Å². The molecule has 0 aliphatic heterocycles. The number of nitro benzene ring substituents is 1. The van der Waals surface area contributed by atoms with Crippen LogP contribution in [-0.2, 0) is 14.3 Å². The fourth-order valence-corrected chi connectivity index (χ4v) is 2.55. The number of anilines is 1. The Hall–Kier alpha value is -3.80. The maximum Gasteiger partial charge on any atom is 0.387 e. The van der Waals surface area contributed by atoms with Crippen molar-refractivity contribution in [3.63, 3.8) is 0 Å². The third-order valence-corrected chi connectivity index (χ3v) is 4.10. The van der Waals surface area contributed by atoms with E-state index in [1.165, 1.54) is 37.3 Å². The first kappa shape index (κ1) is 24.5. The number of halogens is 3. The first-order valence-corrected chi connectivity index (χ1v) is 9.22. The molecule has 10 nitrogen and oxygen atoms in total. The fraction of sp³-hybridized carbons (Fsp3) is 0.211. The minimum Gasteiger partial charge on any atom is -0.451 e. The van der Waals surface area contributed by atoms with Crippen molar-refractivity contribution in [1.82, 2.24) is 5.32 Å². The number of alkyl halides is 2. The second-order valence-electron chi connectivity index (χ2n) is 6.14. The minimum atomic E-state index is -3.06. The van der Waals surface area contributed by atoms with Gasteiger partial charge in [-0.1, -0.05) is 17.7 Å². The van der Waals surface area contributed by atoms with Gasteiger partial charge in [0.25, 0.3) is 17.5 Å². The Balaban J connectivity index is 1.86. The third-order valence-electron chi connectivity index (χ3n) is 3.81. The zero-order chi connectivity index (χ0) is 23.8. The number of carbonyl (C=O) groups excluding carboxylic acids is 3. The molecule has 0 fully saturated rings. The molecule has 0 saturated carbocycles. The zero-order valence-electron chi connectivity index (χ0n) is 16.3. The molecular formula is C19H16ClF2N3O7. The van der Waals surface area contributed by atoms with Crippen molar-refractivity contribution < 1.29 is 37.6 Å². The van der Waals surface area contributed by atoms with Gasteiger partial charge in [-0.2, -0.15) is 8.78 Å². The lowest BCUT2D eigenvalue weighted by molar-refractivity contribution is -0.384. The van der Waals surface area contributed by atoms with E-state index in [0.29, 0.717) is 0 Å². The molecule has 2 N–H and O–H groups in total. The predicted octanol–water partition coefficient (Wildman–Crippen LogP) is 3.15. The summed E-state index contributed by atoms with van der Waals surface area (Å²) < 4.78 is 33.6. The van der Waals surface area contributed by atoms with Crippen LogP contribution in [0.15, 0.2) is 42.5 Å². The number of benzene rings is 2. The van der Waals surface area contributed by atoms with Gasteiger partial charge in [0, 0.05) is 23.4 Å². The molecule has 0 heterocycles. The van der Waals surface area contributed by atoms with Gasteiger partial charge in [-0.25, -0.2) is 0 Å². The second kappa shape index (κ2) is 11.0. The van der Waals surface area contributed by atoms with Crippen molar-refractivity contribution in [2.24, 2.45) is 0 Å². The Kier molecular flexibility index (Phi) is 8.41. The van der Waals surface area contributed by atoms with Crippen molar-refractivity contribution in [3.05, 3.63) is 63.2 Å². The van der Waals surface area contributed by atoms with Crippen molar-refractivity contribution in [3.8, 4) is 5.75 Å². The zero-order valence-corrected chi connectivity index (χ0v) is 17.1. The van der Waals surface area contributed by atoms with Crippen LogP contribution in [0.2, 0.25) is 5.02 Å². The van der Waals surface area contributed by atoms with E-state index in [1.54, 1.807) is 0 Å². The minimum absolute atomic E-state index is 0.0334. The van der Waals surface area contributed by atoms with Crippen molar-refractivity contribution in [2.75, 3.05) is 11.9 Å². The standard InChI is InChI=1S/C19H16ClF2N3O7/c1-10(17(27)24-12-5-6-15(14(20)8-12)32-19(21)22)31-16(26)9-23-18(28)11-3-2-4-13(7-11)25(29)30/h2-8,10,19H,9H2,1H3,(H,23,28)(H,24,27)/t10-/m1/s1. The summed E-state index contributed by atoms with van der Waals surface area (Å²) in [6, 6.07) is 8.45. The van der Waals surface area contributed by atoms with Gasteiger partial charge in [0.15, 0.2) is 6.10 Å². The summed E-state index contributed by atoms with van der Waals surface area (Å²) in [6.07, 6.45) is -1.27. The number of hydrogen-bond acceptors (Lipinski definition) is 7. The molecule has 2 rings (SSSR count). The molecule has 170 valence electrons. The van der Waals surface area contributed by atoms with Gasteiger partial charge in [-0.3, -0.25) is 24.5 Å². The SMILES string of the molecule is C[C@@H](OC(=O)CNC(=O)c1cccc([N+](=O)[O-])c1)C(=O)Nc1ccc(OC(F)F)c(Cl)c1. The van der Waals surface area contributed by atoms with Crippen LogP contribution in [0.4, 0.5) is 20.2 Å². The molecule has 0 unspecified atom stereocenters. The Morgan fingerprint density at radius 3 is 2.53 bits per heavy atom. The summed E-state index contributed by atoms with van der Waals surface area (Å²) in [6.45, 7) is -2.39. The normalized spacial score (nSPS) is 11.4. The third kappa shape index (κ3) is 7.16. The van der Waals surface area contributed by atoms with Gasteiger partial charge in [0.2, 0.25) is 0 Å². The maximum absolute atomic E-state index is 12.2. The van der Waals surface area contributed by atoms with E-state index < -0.39 is 42.0 Å². The number of carbonyl (C=O) groups is 3. The number of esters is 1. The molecule has 0 aliphatic rings. The number of rotatable bonds is 9. The molecule has 0 aliphatic carbocycles. The first-order chi connectivity index (χ1) is 15.1. The molecule has 2 aromatic rings. The smallest absolute Gasteiger partial charge is 0.387 e. The number of amides is 2. The lowest BCUT2D eigenvalue weighted by Gasteiger charge is -2.14.